The number of carbonyl (C=O) groups is 4. The van der Waals surface area contributed by atoms with Crippen LogP contribution in [0.3, 0.4) is 0 Å². The van der Waals surface area contributed by atoms with E-state index in [1.54, 1.807) is 36.4 Å². The summed E-state index contributed by atoms with van der Waals surface area (Å²) in [6.07, 6.45) is -0.486. The highest BCUT2D eigenvalue weighted by Crippen LogP contribution is 2.25. The van der Waals surface area contributed by atoms with Gasteiger partial charge in [0, 0.05) is 17.0 Å². The van der Waals surface area contributed by atoms with E-state index in [2.05, 4.69) is 16.2 Å². The fourth-order valence-electron chi connectivity index (χ4n) is 2.06. The first-order valence-corrected chi connectivity index (χ1v) is 9.15. The van der Waals surface area contributed by atoms with Crippen LogP contribution >= 0.6 is 23.2 Å². The van der Waals surface area contributed by atoms with E-state index in [1.807, 2.05) is 0 Å². The van der Waals surface area contributed by atoms with Crippen LogP contribution in [0.2, 0.25) is 10.0 Å². The molecule has 0 atom stereocenters. The van der Waals surface area contributed by atoms with Gasteiger partial charge in [-0.2, -0.15) is 0 Å². The molecular weight excluding hydrogens is 421 g/mol. The first kappa shape index (κ1) is 22.2. The van der Waals surface area contributed by atoms with Crippen LogP contribution < -0.4 is 16.2 Å². The van der Waals surface area contributed by atoms with Gasteiger partial charge in [0.15, 0.2) is 6.61 Å². The molecule has 8 nitrogen and oxygen atoms in total. The van der Waals surface area contributed by atoms with Crippen molar-refractivity contribution in [2.75, 3.05) is 11.9 Å². The van der Waals surface area contributed by atoms with Crippen molar-refractivity contribution in [1.82, 2.24) is 10.9 Å². The smallest absolute Gasteiger partial charge is 0.306 e. The van der Waals surface area contributed by atoms with Gasteiger partial charge in [-0.25, -0.2) is 0 Å². The van der Waals surface area contributed by atoms with Gasteiger partial charge in [0.25, 0.3) is 11.8 Å². The van der Waals surface area contributed by atoms with Gasteiger partial charge in [-0.15, -0.1) is 0 Å². The van der Waals surface area contributed by atoms with E-state index >= 15 is 0 Å². The number of halogens is 2. The van der Waals surface area contributed by atoms with Crippen LogP contribution in [-0.2, 0) is 19.1 Å². The summed E-state index contributed by atoms with van der Waals surface area (Å²) < 4.78 is 4.80. The predicted molar refractivity (Wildman–Crippen MR) is 107 cm³/mol. The third kappa shape index (κ3) is 7.81. The maximum absolute atomic E-state index is 11.8. The summed E-state index contributed by atoms with van der Waals surface area (Å²) in [6.45, 7) is -0.538. The third-order valence-electron chi connectivity index (χ3n) is 3.48. The molecule has 0 unspecified atom stereocenters. The molecule has 2 aromatic rings. The number of carbonyl (C=O) groups excluding carboxylic acids is 4. The molecule has 10 heteroatoms. The van der Waals surface area contributed by atoms with Crippen molar-refractivity contribution in [2.45, 2.75) is 12.8 Å². The summed E-state index contributed by atoms with van der Waals surface area (Å²) in [6, 6.07) is 12.8. The van der Waals surface area contributed by atoms with E-state index < -0.39 is 30.3 Å². The van der Waals surface area contributed by atoms with Crippen molar-refractivity contribution >= 4 is 52.6 Å². The van der Waals surface area contributed by atoms with Gasteiger partial charge in [-0.1, -0.05) is 41.4 Å². The minimum Gasteiger partial charge on any atom is -0.456 e. The van der Waals surface area contributed by atoms with Crippen molar-refractivity contribution in [3.63, 3.8) is 0 Å². The number of hydrogen-bond acceptors (Lipinski definition) is 5. The van der Waals surface area contributed by atoms with Crippen molar-refractivity contribution in [2.24, 2.45) is 0 Å². The van der Waals surface area contributed by atoms with E-state index in [0.29, 0.717) is 16.3 Å². The van der Waals surface area contributed by atoms with Crippen LogP contribution in [0.4, 0.5) is 5.69 Å². The highest BCUT2D eigenvalue weighted by Gasteiger charge is 2.12. The molecule has 0 saturated carbocycles. The predicted octanol–water partition coefficient (Wildman–Crippen LogP) is 2.72. The van der Waals surface area contributed by atoms with E-state index in [1.165, 1.54) is 12.1 Å². The molecule has 0 spiro atoms. The molecule has 0 aromatic heterocycles. The second-order valence-corrected chi connectivity index (χ2v) is 6.54. The lowest BCUT2D eigenvalue weighted by Crippen LogP contribution is -2.41. The molecule has 0 radical (unpaired) electrons. The zero-order valence-corrected chi connectivity index (χ0v) is 16.5. The van der Waals surface area contributed by atoms with Crippen LogP contribution in [0.1, 0.15) is 23.2 Å². The van der Waals surface area contributed by atoms with Crippen molar-refractivity contribution in [3.8, 4) is 0 Å². The SMILES string of the molecule is O=C(CCC(=O)OCC(=O)Nc1ccc(Cl)cc1Cl)NNC(=O)c1ccccc1. The summed E-state index contributed by atoms with van der Waals surface area (Å²) >= 11 is 11.7. The second kappa shape index (κ2) is 11.0. The number of anilines is 1. The Morgan fingerprint density at radius 2 is 1.59 bits per heavy atom. The van der Waals surface area contributed by atoms with Gasteiger partial charge in [0.05, 0.1) is 17.1 Å². The summed E-state index contributed by atoms with van der Waals surface area (Å²) in [4.78, 5) is 46.9. The van der Waals surface area contributed by atoms with Crippen molar-refractivity contribution < 1.29 is 23.9 Å². The average molecular weight is 438 g/mol. The normalized spacial score (nSPS) is 10.0. The zero-order chi connectivity index (χ0) is 21.2. The maximum atomic E-state index is 11.8. The summed E-state index contributed by atoms with van der Waals surface area (Å²) in [5.74, 6) is -2.41. The summed E-state index contributed by atoms with van der Waals surface area (Å²) in [5.41, 5.74) is 5.12. The maximum Gasteiger partial charge on any atom is 0.306 e. The lowest BCUT2D eigenvalue weighted by Gasteiger charge is -2.09. The fraction of sp³-hybridized carbons (Fsp3) is 0.158. The van der Waals surface area contributed by atoms with Crippen LogP contribution in [0.15, 0.2) is 48.5 Å². The number of nitrogens with one attached hydrogen (secondary N) is 3. The molecule has 0 fully saturated rings. The Hall–Kier alpha value is -3.10. The van der Waals surface area contributed by atoms with E-state index in [-0.39, 0.29) is 17.9 Å². The number of rotatable bonds is 7. The lowest BCUT2D eigenvalue weighted by atomic mass is 10.2. The number of ether oxygens (including phenoxy) is 1. The molecule has 152 valence electrons. The molecular formula is C19H17Cl2N3O5. The zero-order valence-electron chi connectivity index (χ0n) is 15.0. The Labute approximate surface area is 176 Å². The van der Waals surface area contributed by atoms with Crippen LogP contribution in [-0.4, -0.2) is 30.3 Å². The number of hydrazine groups is 1. The molecule has 0 heterocycles. The Morgan fingerprint density at radius 3 is 2.28 bits per heavy atom. The van der Waals surface area contributed by atoms with E-state index in [9.17, 15) is 19.2 Å². The summed E-state index contributed by atoms with van der Waals surface area (Å²) in [5, 5.41) is 3.13. The Morgan fingerprint density at radius 1 is 0.862 bits per heavy atom. The standard InChI is InChI=1S/C19H17Cl2N3O5/c20-13-6-7-15(14(21)10-13)22-17(26)11-29-18(27)9-8-16(25)23-24-19(28)12-4-2-1-3-5-12/h1-7,10H,8-9,11H2,(H,22,26)(H,23,25)(H,24,28). The van der Waals surface area contributed by atoms with Crippen LogP contribution in [0.25, 0.3) is 0 Å². The Balaban J connectivity index is 1.65. The molecule has 3 amide bonds. The van der Waals surface area contributed by atoms with Gasteiger partial charge < -0.3 is 10.1 Å². The number of amides is 3. The van der Waals surface area contributed by atoms with Crippen LogP contribution in [0.5, 0.6) is 0 Å². The molecule has 2 aromatic carbocycles. The molecule has 0 bridgehead atoms. The van der Waals surface area contributed by atoms with Gasteiger partial charge in [-0.05, 0) is 30.3 Å². The molecule has 0 aliphatic rings. The monoisotopic (exact) mass is 437 g/mol. The summed E-state index contributed by atoms with van der Waals surface area (Å²) in [7, 11) is 0. The van der Waals surface area contributed by atoms with Gasteiger partial charge in [-0.3, -0.25) is 30.0 Å². The lowest BCUT2D eigenvalue weighted by molar-refractivity contribution is -0.148. The highest BCUT2D eigenvalue weighted by atomic mass is 35.5. The van der Waals surface area contributed by atoms with Crippen LogP contribution in [0, 0.1) is 0 Å². The van der Waals surface area contributed by atoms with E-state index in [0.717, 1.165) is 0 Å². The van der Waals surface area contributed by atoms with Gasteiger partial charge >= 0.3 is 5.97 Å². The molecule has 0 aliphatic carbocycles. The Kier molecular flexibility index (Phi) is 8.45. The first-order chi connectivity index (χ1) is 13.8. The van der Waals surface area contributed by atoms with Crippen molar-refractivity contribution in [3.05, 3.63) is 64.1 Å². The highest BCUT2D eigenvalue weighted by molar-refractivity contribution is 6.36. The molecule has 29 heavy (non-hydrogen) atoms. The average Bonchev–Trinajstić information content (AvgIpc) is 2.71. The topological polar surface area (TPSA) is 114 Å². The van der Waals surface area contributed by atoms with Gasteiger partial charge in [0.1, 0.15) is 0 Å². The molecule has 0 saturated heterocycles. The second-order valence-electron chi connectivity index (χ2n) is 5.70. The number of esters is 1. The minimum absolute atomic E-state index is 0.224. The molecule has 0 aliphatic heterocycles. The van der Waals surface area contributed by atoms with Gasteiger partial charge in [0.2, 0.25) is 5.91 Å². The fourth-order valence-corrected chi connectivity index (χ4v) is 2.52. The number of hydrogen-bond donors (Lipinski definition) is 3. The van der Waals surface area contributed by atoms with E-state index in [4.69, 9.17) is 27.9 Å². The minimum atomic E-state index is -0.744. The third-order valence-corrected chi connectivity index (χ3v) is 4.02. The quantitative estimate of drug-likeness (QED) is 0.455. The first-order valence-electron chi connectivity index (χ1n) is 8.40. The molecule has 2 rings (SSSR count). The Bertz CT molecular complexity index is 906. The largest absolute Gasteiger partial charge is 0.456 e. The number of benzene rings is 2. The van der Waals surface area contributed by atoms with Crippen molar-refractivity contribution in [1.29, 1.82) is 0 Å². The molecule has 3 N–H and O–H groups in total.